The normalized spacial score (nSPS) is 20.6. The molecule has 0 spiro atoms. The zero-order valence-corrected chi connectivity index (χ0v) is 14.1. The van der Waals surface area contributed by atoms with Gasteiger partial charge in [-0.2, -0.15) is 0 Å². The number of benzene rings is 1. The number of epoxide rings is 1. The van der Waals surface area contributed by atoms with Gasteiger partial charge in [-0.25, -0.2) is 9.79 Å². The summed E-state index contributed by atoms with van der Waals surface area (Å²) in [7, 11) is 1.58. The molecule has 6 heteroatoms. The summed E-state index contributed by atoms with van der Waals surface area (Å²) in [6.45, 7) is 7.37. The Morgan fingerprint density at radius 3 is 2.35 bits per heavy atom. The second kappa shape index (κ2) is 7.46. The van der Waals surface area contributed by atoms with Crippen molar-refractivity contribution in [2.75, 3.05) is 7.11 Å². The van der Waals surface area contributed by atoms with E-state index in [1.54, 1.807) is 21.0 Å². The minimum Gasteiger partial charge on any atom is -0.494 e. The largest absolute Gasteiger partial charge is 0.494 e. The molecule has 2 atom stereocenters. The van der Waals surface area contributed by atoms with Gasteiger partial charge in [0.15, 0.2) is 12.2 Å². The van der Waals surface area contributed by atoms with Gasteiger partial charge in [-0.15, -0.1) is 0 Å². The first-order valence-electron chi connectivity index (χ1n) is 7.66. The topological polar surface area (TPSA) is 69.7 Å². The third-order valence-electron chi connectivity index (χ3n) is 2.99. The molecule has 1 fully saturated rings. The Kier molecular flexibility index (Phi) is 5.60. The van der Waals surface area contributed by atoms with Gasteiger partial charge in [0.25, 0.3) is 0 Å². The highest BCUT2D eigenvalue weighted by Gasteiger charge is 2.51. The number of ether oxygens (including phenoxy) is 4. The predicted octanol–water partition coefficient (Wildman–Crippen LogP) is 2.87. The molecule has 1 aliphatic rings. The van der Waals surface area contributed by atoms with Crippen molar-refractivity contribution in [3.8, 4) is 5.75 Å². The van der Waals surface area contributed by atoms with E-state index >= 15 is 0 Å². The number of methoxy groups -OCH3 is 1. The molecule has 23 heavy (non-hydrogen) atoms. The fraction of sp³-hybridized carbons (Fsp3) is 0.529. The second-order valence-electron chi connectivity index (χ2n) is 5.75. The first-order chi connectivity index (χ1) is 10.9. The smallest absolute Gasteiger partial charge is 0.338 e. The summed E-state index contributed by atoms with van der Waals surface area (Å²) in [4.78, 5) is 16.4. The van der Waals surface area contributed by atoms with Gasteiger partial charge in [0.1, 0.15) is 11.4 Å². The summed E-state index contributed by atoms with van der Waals surface area (Å²) in [6.07, 6.45) is -1.46. The molecule has 126 valence electrons. The van der Waals surface area contributed by atoms with Crippen LogP contribution in [-0.2, 0) is 19.0 Å². The Morgan fingerprint density at radius 1 is 1.09 bits per heavy atom. The number of esters is 1. The third kappa shape index (κ3) is 4.69. The van der Waals surface area contributed by atoms with Crippen LogP contribution in [-0.4, -0.2) is 43.4 Å². The summed E-state index contributed by atoms with van der Waals surface area (Å²) in [5.74, 6) is 0.583. The van der Waals surface area contributed by atoms with Crippen molar-refractivity contribution in [3.05, 3.63) is 24.3 Å². The lowest BCUT2D eigenvalue weighted by atomic mass is 10.2. The fourth-order valence-electron chi connectivity index (χ4n) is 2.02. The average Bonchev–Trinajstić information content (AvgIpc) is 3.26. The Bertz CT molecular complexity index is 582. The maximum Gasteiger partial charge on any atom is 0.338 e. The Morgan fingerprint density at radius 2 is 1.74 bits per heavy atom. The predicted molar refractivity (Wildman–Crippen MR) is 86.2 cm³/mol. The van der Waals surface area contributed by atoms with E-state index < -0.39 is 18.2 Å². The van der Waals surface area contributed by atoms with Gasteiger partial charge in [-0.3, -0.25) is 0 Å². The van der Waals surface area contributed by atoms with Crippen molar-refractivity contribution < 1.29 is 23.7 Å². The van der Waals surface area contributed by atoms with Gasteiger partial charge >= 0.3 is 5.97 Å². The van der Waals surface area contributed by atoms with E-state index in [4.69, 9.17) is 18.9 Å². The molecule has 1 saturated heterocycles. The number of hydrogen-bond acceptors (Lipinski definition) is 6. The van der Waals surface area contributed by atoms with Gasteiger partial charge in [-0.1, -0.05) is 12.1 Å². The number of carbonyl (C=O) groups excluding carboxylic acids is 1. The maximum atomic E-state index is 11.9. The lowest BCUT2D eigenvalue weighted by molar-refractivity contribution is -0.148. The number of para-hydroxylation sites is 2. The zero-order chi connectivity index (χ0) is 17.0. The fourth-order valence-corrected chi connectivity index (χ4v) is 2.02. The van der Waals surface area contributed by atoms with E-state index in [-0.39, 0.29) is 12.2 Å². The average molecular weight is 321 g/mol. The van der Waals surface area contributed by atoms with Crippen molar-refractivity contribution in [3.63, 3.8) is 0 Å². The second-order valence-corrected chi connectivity index (χ2v) is 5.75. The molecular weight excluding hydrogens is 298 g/mol. The van der Waals surface area contributed by atoms with Crippen molar-refractivity contribution >= 4 is 17.6 Å². The Labute approximate surface area is 136 Å². The summed E-state index contributed by atoms with van der Waals surface area (Å²) in [5.41, 5.74) is 0.622. The molecule has 0 bridgehead atoms. The van der Waals surface area contributed by atoms with Crippen molar-refractivity contribution in [1.29, 1.82) is 0 Å². The van der Waals surface area contributed by atoms with E-state index in [0.717, 1.165) is 0 Å². The molecule has 6 nitrogen and oxygen atoms in total. The SMILES string of the molecule is COc1ccccc1N=C(OC(C)C)C1OC1C(=O)OC(C)C. The number of carbonyl (C=O) groups is 1. The zero-order valence-electron chi connectivity index (χ0n) is 14.1. The van der Waals surface area contributed by atoms with Crippen LogP contribution in [0.5, 0.6) is 5.75 Å². The Balaban J connectivity index is 2.19. The quantitative estimate of drug-likeness (QED) is 0.349. The molecule has 0 radical (unpaired) electrons. The van der Waals surface area contributed by atoms with E-state index in [0.29, 0.717) is 17.3 Å². The van der Waals surface area contributed by atoms with Crippen LogP contribution in [0.1, 0.15) is 27.7 Å². The van der Waals surface area contributed by atoms with E-state index in [1.807, 2.05) is 38.1 Å². The number of rotatable bonds is 6. The summed E-state index contributed by atoms with van der Waals surface area (Å²) in [5, 5.41) is 0. The van der Waals surface area contributed by atoms with Crippen LogP contribution < -0.4 is 4.74 Å². The highest BCUT2D eigenvalue weighted by atomic mass is 16.7. The van der Waals surface area contributed by atoms with Gasteiger partial charge in [0, 0.05) is 0 Å². The van der Waals surface area contributed by atoms with Crippen LogP contribution in [0.4, 0.5) is 5.69 Å². The Hall–Kier alpha value is -2.08. The molecule has 1 aliphatic heterocycles. The molecule has 0 N–H and O–H groups in total. The molecule has 0 amide bonds. The summed E-state index contributed by atoms with van der Waals surface area (Å²) >= 11 is 0. The van der Waals surface area contributed by atoms with Gasteiger partial charge in [0.2, 0.25) is 5.90 Å². The van der Waals surface area contributed by atoms with Gasteiger partial charge < -0.3 is 18.9 Å². The molecule has 2 unspecified atom stereocenters. The molecule has 0 saturated carbocycles. The standard InChI is InChI=1S/C17H23NO5/c1-10(2)21-16(14-15(23-14)17(19)22-11(3)4)18-12-8-6-7-9-13(12)20-5/h6-11,14-15H,1-5H3. The van der Waals surface area contributed by atoms with Crippen LogP contribution in [0.25, 0.3) is 0 Å². The van der Waals surface area contributed by atoms with Crippen molar-refractivity contribution in [2.24, 2.45) is 4.99 Å². The summed E-state index contributed by atoms with van der Waals surface area (Å²) in [6, 6.07) is 7.33. The van der Waals surface area contributed by atoms with Crippen molar-refractivity contribution in [1.82, 2.24) is 0 Å². The molecule has 1 heterocycles. The molecule has 1 aromatic carbocycles. The number of hydrogen-bond donors (Lipinski definition) is 0. The molecule has 2 rings (SSSR count). The van der Waals surface area contributed by atoms with Crippen LogP contribution in [0.15, 0.2) is 29.3 Å². The minimum absolute atomic E-state index is 0.0885. The molecule has 0 aromatic heterocycles. The van der Waals surface area contributed by atoms with E-state index in [2.05, 4.69) is 4.99 Å². The maximum absolute atomic E-state index is 11.9. The third-order valence-corrected chi connectivity index (χ3v) is 2.99. The highest BCUT2D eigenvalue weighted by molar-refractivity contribution is 5.94. The van der Waals surface area contributed by atoms with Crippen molar-refractivity contribution in [2.45, 2.75) is 52.1 Å². The number of nitrogens with zero attached hydrogens (tertiary/aromatic N) is 1. The minimum atomic E-state index is -0.662. The lowest BCUT2D eigenvalue weighted by Gasteiger charge is -2.12. The van der Waals surface area contributed by atoms with Gasteiger partial charge in [0.05, 0.1) is 19.3 Å². The van der Waals surface area contributed by atoms with E-state index in [1.165, 1.54) is 0 Å². The van der Waals surface area contributed by atoms with Crippen LogP contribution in [0.2, 0.25) is 0 Å². The van der Waals surface area contributed by atoms with Crippen LogP contribution in [0.3, 0.4) is 0 Å². The molecular formula is C17H23NO5. The van der Waals surface area contributed by atoms with E-state index in [9.17, 15) is 4.79 Å². The van der Waals surface area contributed by atoms with Gasteiger partial charge in [-0.05, 0) is 39.8 Å². The lowest BCUT2D eigenvalue weighted by Crippen LogP contribution is -2.24. The first-order valence-corrected chi connectivity index (χ1v) is 7.66. The summed E-state index contributed by atoms with van der Waals surface area (Å²) < 4.78 is 21.6. The highest BCUT2D eigenvalue weighted by Crippen LogP contribution is 2.32. The monoisotopic (exact) mass is 321 g/mol. The molecule has 1 aromatic rings. The van der Waals surface area contributed by atoms with Crippen LogP contribution in [0, 0.1) is 0 Å². The first kappa shape index (κ1) is 17.3. The molecule has 0 aliphatic carbocycles. The van der Waals surface area contributed by atoms with Crippen LogP contribution >= 0.6 is 0 Å². The number of aliphatic imine (C=N–C) groups is 1.